The lowest BCUT2D eigenvalue weighted by Gasteiger charge is -2.15. The van der Waals surface area contributed by atoms with Gasteiger partial charge in [0.25, 0.3) is 5.91 Å². The molecule has 5 nitrogen and oxygen atoms in total. The minimum Gasteiger partial charge on any atom is -0.342 e. The van der Waals surface area contributed by atoms with E-state index < -0.39 is 17.8 Å². The molecule has 9 heteroatoms. The Kier molecular flexibility index (Phi) is 7.53. The fourth-order valence-corrected chi connectivity index (χ4v) is 4.01. The predicted octanol–water partition coefficient (Wildman–Crippen LogP) is 5.69. The van der Waals surface area contributed by atoms with Crippen LogP contribution in [0, 0.1) is 5.82 Å². The lowest BCUT2D eigenvalue weighted by Crippen LogP contribution is -2.29. The van der Waals surface area contributed by atoms with Crippen molar-refractivity contribution in [2.45, 2.75) is 30.4 Å². The van der Waals surface area contributed by atoms with Gasteiger partial charge in [0, 0.05) is 12.3 Å². The van der Waals surface area contributed by atoms with Crippen molar-refractivity contribution in [3.63, 3.8) is 0 Å². The molecule has 2 aromatic carbocycles. The Morgan fingerprint density at radius 1 is 1.27 bits per heavy atom. The smallest absolute Gasteiger partial charge is 0.254 e. The zero-order chi connectivity index (χ0) is 21.7. The number of nitrogens with one attached hydrogen (secondary N) is 1. The Morgan fingerprint density at radius 3 is 2.73 bits per heavy atom. The van der Waals surface area contributed by atoms with Crippen LogP contribution in [0.15, 0.2) is 60.3 Å². The first-order valence-corrected chi connectivity index (χ1v) is 10.8. The zero-order valence-corrected chi connectivity index (χ0v) is 18.4. The first-order chi connectivity index (χ1) is 14.4. The highest BCUT2D eigenvalue weighted by molar-refractivity contribution is 7.98. The molecular weight excluding hydrogens is 446 g/mol. The minimum atomic E-state index is -0.576. The fraction of sp³-hybridized carbons (Fsp3) is 0.190. The van der Waals surface area contributed by atoms with Gasteiger partial charge in [0.2, 0.25) is 0 Å². The molecule has 0 spiro atoms. The molecule has 3 rings (SSSR count). The van der Waals surface area contributed by atoms with E-state index in [-0.39, 0.29) is 5.56 Å². The van der Waals surface area contributed by atoms with Crippen LogP contribution in [0.3, 0.4) is 0 Å². The van der Waals surface area contributed by atoms with Crippen LogP contribution in [0.2, 0.25) is 10.0 Å². The molecule has 1 amide bonds. The van der Waals surface area contributed by atoms with E-state index in [0.717, 1.165) is 5.56 Å². The standard InChI is InChI=1S/C21H19Cl2FN4OS/c1-3-10-28-19(13(2)25-20(29)15-6-4-5-7-18(15)24)26-27-21(28)30-12-14-8-9-16(22)17(23)11-14/h3-9,11,13H,1,10,12H2,2H3,(H,25,29)/t13-/m0/s1. The normalized spacial score (nSPS) is 11.9. The van der Waals surface area contributed by atoms with Crippen LogP contribution in [0.1, 0.15) is 34.7 Å². The monoisotopic (exact) mass is 464 g/mol. The molecule has 0 unspecified atom stereocenters. The van der Waals surface area contributed by atoms with Gasteiger partial charge in [-0.1, -0.05) is 59.2 Å². The van der Waals surface area contributed by atoms with Crippen molar-refractivity contribution in [1.82, 2.24) is 20.1 Å². The molecule has 30 heavy (non-hydrogen) atoms. The summed E-state index contributed by atoms with van der Waals surface area (Å²) in [4.78, 5) is 12.4. The van der Waals surface area contributed by atoms with Crippen molar-refractivity contribution in [3.05, 3.63) is 87.9 Å². The van der Waals surface area contributed by atoms with Crippen molar-refractivity contribution in [1.29, 1.82) is 0 Å². The summed E-state index contributed by atoms with van der Waals surface area (Å²) in [6.45, 7) is 6.02. The molecule has 3 aromatic rings. The Labute approximate surface area is 188 Å². The van der Waals surface area contributed by atoms with E-state index in [9.17, 15) is 9.18 Å². The molecule has 0 saturated carbocycles. The van der Waals surface area contributed by atoms with E-state index in [1.807, 2.05) is 16.7 Å². The number of nitrogens with zero attached hydrogens (tertiary/aromatic N) is 3. The number of hydrogen-bond donors (Lipinski definition) is 1. The lowest BCUT2D eigenvalue weighted by atomic mass is 10.2. The number of carbonyl (C=O) groups excluding carboxylic acids is 1. The highest BCUT2D eigenvalue weighted by Crippen LogP contribution is 2.28. The molecule has 1 N–H and O–H groups in total. The summed E-state index contributed by atoms with van der Waals surface area (Å²) in [6, 6.07) is 10.8. The molecule has 1 heterocycles. The van der Waals surface area contributed by atoms with Crippen molar-refractivity contribution in [3.8, 4) is 0 Å². The maximum Gasteiger partial charge on any atom is 0.254 e. The van der Waals surface area contributed by atoms with E-state index in [1.54, 1.807) is 25.1 Å². The van der Waals surface area contributed by atoms with Crippen LogP contribution >= 0.6 is 35.0 Å². The molecule has 0 saturated heterocycles. The van der Waals surface area contributed by atoms with Crippen molar-refractivity contribution < 1.29 is 9.18 Å². The van der Waals surface area contributed by atoms with Crippen LogP contribution in [-0.2, 0) is 12.3 Å². The predicted molar refractivity (Wildman–Crippen MR) is 119 cm³/mol. The minimum absolute atomic E-state index is 0.0200. The van der Waals surface area contributed by atoms with E-state index in [2.05, 4.69) is 22.1 Å². The van der Waals surface area contributed by atoms with Gasteiger partial charge in [-0.2, -0.15) is 0 Å². The number of carbonyl (C=O) groups is 1. The van der Waals surface area contributed by atoms with Gasteiger partial charge in [-0.15, -0.1) is 16.8 Å². The van der Waals surface area contributed by atoms with Crippen molar-refractivity contribution >= 4 is 40.9 Å². The van der Waals surface area contributed by atoms with Gasteiger partial charge in [0.1, 0.15) is 5.82 Å². The number of benzene rings is 2. The first kappa shape index (κ1) is 22.3. The highest BCUT2D eigenvalue weighted by atomic mass is 35.5. The Bertz CT molecular complexity index is 1070. The number of thioether (sulfide) groups is 1. The SMILES string of the molecule is C=CCn1c(SCc2ccc(Cl)c(Cl)c2)nnc1[C@H](C)NC(=O)c1ccccc1F. The van der Waals surface area contributed by atoms with Gasteiger partial charge in [-0.25, -0.2) is 4.39 Å². The van der Waals surface area contributed by atoms with Crippen LogP contribution in [0.4, 0.5) is 4.39 Å². The molecule has 0 aliphatic heterocycles. The molecular formula is C21H19Cl2FN4OS. The van der Waals surface area contributed by atoms with E-state index in [4.69, 9.17) is 23.2 Å². The summed E-state index contributed by atoms with van der Waals surface area (Å²) >= 11 is 13.5. The van der Waals surface area contributed by atoms with Crippen LogP contribution in [0.25, 0.3) is 0 Å². The second kappa shape index (κ2) is 10.1. The number of aromatic nitrogens is 3. The summed E-state index contributed by atoms with van der Waals surface area (Å²) in [7, 11) is 0. The topological polar surface area (TPSA) is 59.8 Å². The molecule has 0 bridgehead atoms. The van der Waals surface area contributed by atoms with Gasteiger partial charge in [-0.05, 0) is 36.8 Å². The molecule has 1 atom stereocenters. The van der Waals surface area contributed by atoms with Gasteiger partial charge >= 0.3 is 0 Å². The maximum absolute atomic E-state index is 13.9. The average Bonchev–Trinajstić information content (AvgIpc) is 3.12. The second-order valence-electron chi connectivity index (χ2n) is 6.45. The third-order valence-electron chi connectivity index (χ3n) is 4.26. The van der Waals surface area contributed by atoms with E-state index >= 15 is 0 Å². The summed E-state index contributed by atoms with van der Waals surface area (Å²) in [5.41, 5.74) is 0.971. The van der Waals surface area contributed by atoms with Crippen LogP contribution in [0.5, 0.6) is 0 Å². The highest BCUT2D eigenvalue weighted by Gasteiger charge is 2.21. The molecule has 0 radical (unpaired) electrons. The number of allylic oxidation sites excluding steroid dienone is 1. The summed E-state index contributed by atoms with van der Waals surface area (Å²) in [5.74, 6) is 0.0740. The average molecular weight is 465 g/mol. The van der Waals surface area contributed by atoms with Gasteiger partial charge in [0.05, 0.1) is 21.7 Å². The van der Waals surface area contributed by atoms with Gasteiger partial charge < -0.3 is 9.88 Å². The number of rotatable bonds is 8. The second-order valence-corrected chi connectivity index (χ2v) is 8.21. The Morgan fingerprint density at radius 2 is 2.03 bits per heavy atom. The molecule has 0 fully saturated rings. The third-order valence-corrected chi connectivity index (χ3v) is 6.04. The zero-order valence-electron chi connectivity index (χ0n) is 16.1. The Hall–Kier alpha value is -2.35. The van der Waals surface area contributed by atoms with Crippen molar-refractivity contribution in [2.24, 2.45) is 0 Å². The van der Waals surface area contributed by atoms with Gasteiger partial charge in [-0.3, -0.25) is 4.79 Å². The van der Waals surface area contributed by atoms with E-state index in [1.165, 1.54) is 30.0 Å². The fourth-order valence-electron chi connectivity index (χ4n) is 2.79. The summed E-state index contributed by atoms with van der Waals surface area (Å²) < 4.78 is 15.7. The summed E-state index contributed by atoms with van der Waals surface area (Å²) in [6.07, 6.45) is 1.72. The van der Waals surface area contributed by atoms with E-state index in [0.29, 0.717) is 33.3 Å². The number of hydrogen-bond acceptors (Lipinski definition) is 4. The summed E-state index contributed by atoms with van der Waals surface area (Å²) in [5, 5.41) is 12.9. The quantitative estimate of drug-likeness (QED) is 0.343. The van der Waals surface area contributed by atoms with Crippen LogP contribution < -0.4 is 5.32 Å². The Balaban J connectivity index is 1.75. The maximum atomic E-state index is 13.9. The largest absolute Gasteiger partial charge is 0.342 e. The molecule has 156 valence electrons. The first-order valence-electron chi connectivity index (χ1n) is 9.06. The molecule has 0 aliphatic rings. The number of halogens is 3. The molecule has 1 aromatic heterocycles. The molecule has 0 aliphatic carbocycles. The van der Waals surface area contributed by atoms with Crippen molar-refractivity contribution in [2.75, 3.05) is 0 Å². The van der Waals surface area contributed by atoms with Gasteiger partial charge in [0.15, 0.2) is 11.0 Å². The lowest BCUT2D eigenvalue weighted by molar-refractivity contribution is 0.0933. The third kappa shape index (κ3) is 5.22. The van der Waals surface area contributed by atoms with Crippen LogP contribution in [-0.4, -0.2) is 20.7 Å². The number of amides is 1.